The van der Waals surface area contributed by atoms with Gasteiger partial charge in [-0.15, -0.1) is 0 Å². The summed E-state index contributed by atoms with van der Waals surface area (Å²) in [6.07, 6.45) is 4.73. The number of nitrogens with one attached hydrogen (secondary N) is 1. The normalized spacial score (nSPS) is 20.1. The lowest BCUT2D eigenvalue weighted by Gasteiger charge is -2.46. The molecule has 3 aromatic carbocycles. The van der Waals surface area contributed by atoms with Gasteiger partial charge in [0.25, 0.3) is 8.32 Å². The molecule has 6 nitrogen and oxygen atoms in total. The van der Waals surface area contributed by atoms with Crippen LogP contribution in [0.25, 0.3) is 0 Å². The fourth-order valence-corrected chi connectivity index (χ4v) is 13.7. The lowest BCUT2D eigenvalue weighted by Crippen LogP contribution is -2.67. The molecule has 238 valence electrons. The first-order valence-electron chi connectivity index (χ1n) is 16.3. The molecule has 0 unspecified atom stereocenters. The van der Waals surface area contributed by atoms with Crippen molar-refractivity contribution in [3.8, 4) is 0 Å². The van der Waals surface area contributed by atoms with Crippen LogP contribution in [0.4, 0.5) is 11.5 Å². The summed E-state index contributed by atoms with van der Waals surface area (Å²) in [4.78, 5) is 0.453. The second-order valence-electron chi connectivity index (χ2n) is 14.8. The number of hydrogen-bond acceptors (Lipinski definition) is 5. The number of nitrogens with zero attached hydrogens (tertiary/aromatic N) is 2. The third-order valence-electron chi connectivity index (χ3n) is 9.57. The molecule has 1 N–H and O–H groups in total. The van der Waals surface area contributed by atoms with E-state index in [1.807, 2.05) is 12.1 Å². The third-order valence-corrected chi connectivity index (χ3v) is 16.5. The largest absolute Gasteiger partial charge is 0.404 e. The van der Waals surface area contributed by atoms with E-state index in [0.29, 0.717) is 17.2 Å². The number of sulfone groups is 1. The smallest absolute Gasteiger partial charge is 0.261 e. The van der Waals surface area contributed by atoms with E-state index < -0.39 is 18.2 Å². The number of hydrogen-bond donors (Lipinski definition) is 1. The van der Waals surface area contributed by atoms with Gasteiger partial charge in [-0.25, -0.2) is 13.1 Å². The summed E-state index contributed by atoms with van der Waals surface area (Å²) in [6, 6.07) is 29.5. The SMILES string of the molecule is CC(C)(C)n1nc(C2CCC(O[Si](c3ccccc3)(c3ccccc3)C(C)(C)C)CC2)cc1Nc1cccc2c1CCS2(=O)=O. The standard InChI is InChI=1S/C37H47N3O3SSi/c1-36(2,3)40-35(38-32-18-13-19-34-31(32)24-25-44(34,41)42)26-33(39-40)27-20-22-28(23-21-27)43-45(37(4,5)6,29-14-9-7-10-15-29)30-16-11-8-12-17-30/h7-19,26-28,38H,20-25H2,1-6H3. The summed E-state index contributed by atoms with van der Waals surface area (Å²) in [7, 11) is -5.81. The fraction of sp³-hybridized carbons (Fsp3) is 0.432. The zero-order chi connectivity index (χ0) is 32.0. The van der Waals surface area contributed by atoms with Crippen LogP contribution in [0.15, 0.2) is 89.8 Å². The maximum absolute atomic E-state index is 12.6. The molecule has 4 aromatic rings. The second kappa shape index (κ2) is 11.9. The first-order valence-corrected chi connectivity index (χ1v) is 19.9. The Kier molecular flexibility index (Phi) is 8.38. The highest BCUT2D eigenvalue weighted by Gasteiger charge is 2.51. The van der Waals surface area contributed by atoms with Crippen LogP contribution in [0.1, 0.15) is 84.4 Å². The average Bonchev–Trinajstić information content (AvgIpc) is 3.58. The van der Waals surface area contributed by atoms with Gasteiger partial charge in [0.1, 0.15) is 5.82 Å². The quantitative estimate of drug-likeness (QED) is 0.214. The van der Waals surface area contributed by atoms with Crippen molar-refractivity contribution in [3.63, 3.8) is 0 Å². The van der Waals surface area contributed by atoms with Crippen molar-refractivity contribution < 1.29 is 12.8 Å². The molecule has 45 heavy (non-hydrogen) atoms. The van der Waals surface area contributed by atoms with Crippen LogP contribution in [0.3, 0.4) is 0 Å². The van der Waals surface area contributed by atoms with Crippen LogP contribution < -0.4 is 15.7 Å². The first kappa shape index (κ1) is 31.8. The average molecular weight is 642 g/mol. The van der Waals surface area contributed by atoms with Crippen LogP contribution in [0, 0.1) is 0 Å². The molecule has 6 rings (SSSR count). The highest BCUT2D eigenvalue weighted by atomic mass is 32.2. The predicted molar refractivity (Wildman–Crippen MR) is 186 cm³/mol. The van der Waals surface area contributed by atoms with E-state index in [9.17, 15) is 8.42 Å². The topological polar surface area (TPSA) is 73.2 Å². The van der Waals surface area contributed by atoms with Crippen LogP contribution in [-0.4, -0.2) is 38.4 Å². The van der Waals surface area contributed by atoms with Gasteiger partial charge in [0.15, 0.2) is 9.84 Å². The third kappa shape index (κ3) is 6.04. The van der Waals surface area contributed by atoms with Crippen molar-refractivity contribution in [3.05, 3.63) is 96.2 Å². The van der Waals surface area contributed by atoms with E-state index in [2.05, 4.69) is 118 Å². The van der Waals surface area contributed by atoms with Gasteiger partial charge in [-0.05, 0) is 86.0 Å². The van der Waals surface area contributed by atoms with E-state index in [0.717, 1.165) is 48.4 Å². The summed E-state index contributed by atoms with van der Waals surface area (Å²) < 4.78 is 34.7. The lowest BCUT2D eigenvalue weighted by molar-refractivity contribution is 0.134. The van der Waals surface area contributed by atoms with E-state index in [1.54, 1.807) is 6.07 Å². The van der Waals surface area contributed by atoms with Crippen LogP contribution in [0.2, 0.25) is 5.04 Å². The second-order valence-corrected chi connectivity index (χ2v) is 21.1. The Bertz CT molecular complexity index is 1710. The van der Waals surface area contributed by atoms with Gasteiger partial charge in [0.2, 0.25) is 0 Å². The molecular formula is C37H47N3O3SSi. The Labute approximate surface area is 270 Å². The van der Waals surface area contributed by atoms with E-state index in [1.165, 1.54) is 10.4 Å². The van der Waals surface area contributed by atoms with Gasteiger partial charge >= 0.3 is 0 Å². The minimum atomic E-state index is -3.21. The zero-order valence-corrected chi connectivity index (χ0v) is 29.3. The molecule has 8 heteroatoms. The first-order chi connectivity index (χ1) is 21.3. The minimum absolute atomic E-state index is 0.0461. The summed E-state index contributed by atoms with van der Waals surface area (Å²) in [6.45, 7) is 13.5. The maximum atomic E-state index is 12.6. The molecule has 0 radical (unpaired) electrons. The van der Waals surface area contributed by atoms with Gasteiger partial charge in [-0.2, -0.15) is 5.10 Å². The molecule has 0 bridgehead atoms. The molecule has 1 aliphatic carbocycles. The van der Waals surface area contributed by atoms with Crippen molar-refractivity contribution in [1.82, 2.24) is 9.78 Å². The van der Waals surface area contributed by atoms with Gasteiger partial charge in [-0.3, -0.25) is 0 Å². The van der Waals surface area contributed by atoms with Gasteiger partial charge < -0.3 is 9.74 Å². The molecule has 0 amide bonds. The lowest BCUT2D eigenvalue weighted by atomic mass is 9.85. The molecule has 1 aromatic heterocycles. The van der Waals surface area contributed by atoms with E-state index in [-0.39, 0.29) is 22.4 Å². The zero-order valence-electron chi connectivity index (χ0n) is 27.5. The molecule has 2 aliphatic rings. The van der Waals surface area contributed by atoms with E-state index >= 15 is 0 Å². The Morgan fingerprint density at radius 2 is 1.42 bits per heavy atom. The minimum Gasteiger partial charge on any atom is -0.404 e. The van der Waals surface area contributed by atoms with Crippen molar-refractivity contribution in [1.29, 1.82) is 0 Å². The van der Waals surface area contributed by atoms with Gasteiger partial charge in [-0.1, -0.05) is 87.5 Å². The van der Waals surface area contributed by atoms with Gasteiger partial charge in [0, 0.05) is 23.8 Å². The molecule has 2 heterocycles. The number of fused-ring (bicyclic) bond motifs is 1. The summed E-state index contributed by atoms with van der Waals surface area (Å²) in [5, 5.41) is 11.4. The van der Waals surface area contributed by atoms with Crippen molar-refractivity contribution >= 4 is 40.0 Å². The van der Waals surface area contributed by atoms with Crippen molar-refractivity contribution in [2.45, 2.75) is 101 Å². The molecule has 0 atom stereocenters. The molecule has 0 spiro atoms. The number of rotatable bonds is 7. The predicted octanol–water partition coefficient (Wildman–Crippen LogP) is 7.31. The number of benzene rings is 3. The Morgan fingerprint density at radius 3 is 1.98 bits per heavy atom. The highest BCUT2D eigenvalue weighted by molar-refractivity contribution is 7.91. The summed E-state index contributed by atoms with van der Waals surface area (Å²) in [5.41, 5.74) is 2.58. The highest BCUT2D eigenvalue weighted by Crippen LogP contribution is 2.42. The molecule has 1 saturated carbocycles. The number of aromatic nitrogens is 2. The Morgan fingerprint density at radius 1 is 0.822 bits per heavy atom. The Hall–Kier alpha value is -3.20. The summed E-state index contributed by atoms with van der Waals surface area (Å²) in [5.74, 6) is 1.42. The van der Waals surface area contributed by atoms with E-state index in [4.69, 9.17) is 9.52 Å². The Balaban J connectivity index is 1.25. The molecule has 1 fully saturated rings. The van der Waals surface area contributed by atoms with Crippen LogP contribution in [0.5, 0.6) is 0 Å². The van der Waals surface area contributed by atoms with Crippen molar-refractivity contribution in [2.75, 3.05) is 11.1 Å². The number of anilines is 2. The fourth-order valence-electron chi connectivity index (χ4n) is 7.33. The van der Waals surface area contributed by atoms with Gasteiger partial charge in [0.05, 0.1) is 21.9 Å². The maximum Gasteiger partial charge on any atom is 0.261 e. The monoisotopic (exact) mass is 641 g/mol. The van der Waals surface area contributed by atoms with Crippen molar-refractivity contribution in [2.24, 2.45) is 0 Å². The summed E-state index contributed by atoms with van der Waals surface area (Å²) >= 11 is 0. The van der Waals surface area contributed by atoms with Crippen LogP contribution >= 0.6 is 0 Å². The molecule has 1 aliphatic heterocycles. The van der Waals surface area contributed by atoms with Crippen LogP contribution in [-0.2, 0) is 26.2 Å². The molecular weight excluding hydrogens is 595 g/mol. The molecule has 0 saturated heterocycles.